The van der Waals surface area contributed by atoms with Crippen molar-refractivity contribution in [2.75, 3.05) is 32.1 Å². The number of hydrogen-bond donors (Lipinski definition) is 1. The Labute approximate surface area is 170 Å². The minimum absolute atomic E-state index is 0.158. The lowest BCUT2D eigenvalue weighted by Crippen LogP contribution is -2.42. The van der Waals surface area contributed by atoms with Crippen LogP contribution in [0.2, 0.25) is 0 Å². The molecule has 1 N–H and O–H groups in total. The molecule has 0 spiro atoms. The molecule has 0 saturated carbocycles. The topological polar surface area (TPSA) is 103 Å². The van der Waals surface area contributed by atoms with Crippen molar-refractivity contribution >= 4 is 17.7 Å². The number of nitrogens with one attached hydrogen (secondary N) is 1. The van der Waals surface area contributed by atoms with E-state index in [1.165, 1.54) is 12.0 Å². The zero-order valence-corrected chi connectivity index (χ0v) is 17.0. The van der Waals surface area contributed by atoms with E-state index in [1.807, 2.05) is 0 Å². The van der Waals surface area contributed by atoms with Crippen molar-refractivity contribution in [3.63, 3.8) is 0 Å². The SMILES string of the molecule is COCCN(CC(=O)Nc1ccc(Oc2ncccn2)cc1)C(=O)OC(C)(C)C. The van der Waals surface area contributed by atoms with Gasteiger partial charge in [-0.05, 0) is 51.1 Å². The quantitative estimate of drug-likeness (QED) is 0.724. The van der Waals surface area contributed by atoms with Gasteiger partial charge in [0.1, 0.15) is 17.9 Å². The number of aromatic nitrogens is 2. The van der Waals surface area contributed by atoms with Crippen molar-refractivity contribution in [1.29, 1.82) is 0 Å². The molecule has 1 heterocycles. The number of ether oxygens (including phenoxy) is 3. The molecule has 0 unspecified atom stereocenters. The fraction of sp³-hybridized carbons (Fsp3) is 0.400. The maximum Gasteiger partial charge on any atom is 0.410 e. The second-order valence-corrected chi connectivity index (χ2v) is 7.10. The van der Waals surface area contributed by atoms with E-state index in [2.05, 4.69) is 15.3 Å². The molecule has 0 aliphatic carbocycles. The van der Waals surface area contributed by atoms with Crippen molar-refractivity contribution in [3.8, 4) is 11.8 Å². The van der Waals surface area contributed by atoms with Crippen molar-refractivity contribution in [3.05, 3.63) is 42.7 Å². The van der Waals surface area contributed by atoms with E-state index in [-0.39, 0.29) is 25.0 Å². The van der Waals surface area contributed by atoms with Gasteiger partial charge in [0, 0.05) is 31.7 Å². The van der Waals surface area contributed by atoms with Crippen LogP contribution in [-0.4, -0.2) is 59.3 Å². The molecule has 0 fully saturated rings. The minimum Gasteiger partial charge on any atom is -0.444 e. The average molecular weight is 402 g/mol. The first-order valence-electron chi connectivity index (χ1n) is 9.08. The van der Waals surface area contributed by atoms with Gasteiger partial charge in [-0.15, -0.1) is 0 Å². The fourth-order valence-corrected chi connectivity index (χ4v) is 2.19. The number of carbonyl (C=O) groups is 2. The van der Waals surface area contributed by atoms with E-state index in [1.54, 1.807) is 63.5 Å². The Morgan fingerprint density at radius 3 is 2.34 bits per heavy atom. The molecule has 9 nitrogen and oxygen atoms in total. The Kier molecular flexibility index (Phi) is 7.90. The number of methoxy groups -OCH3 is 1. The van der Waals surface area contributed by atoms with E-state index in [0.29, 0.717) is 18.0 Å². The summed E-state index contributed by atoms with van der Waals surface area (Å²) in [4.78, 5) is 34.0. The van der Waals surface area contributed by atoms with Gasteiger partial charge in [-0.25, -0.2) is 14.8 Å². The summed E-state index contributed by atoms with van der Waals surface area (Å²) in [5, 5.41) is 2.74. The molecule has 1 aromatic carbocycles. The number of anilines is 1. The highest BCUT2D eigenvalue weighted by Crippen LogP contribution is 2.20. The summed E-state index contributed by atoms with van der Waals surface area (Å²) >= 11 is 0. The Morgan fingerprint density at radius 2 is 1.76 bits per heavy atom. The largest absolute Gasteiger partial charge is 0.444 e. The summed E-state index contributed by atoms with van der Waals surface area (Å²) < 4.78 is 15.9. The summed E-state index contributed by atoms with van der Waals surface area (Å²) in [6, 6.07) is 8.66. The van der Waals surface area contributed by atoms with Gasteiger partial charge in [-0.1, -0.05) is 0 Å². The van der Waals surface area contributed by atoms with E-state index in [9.17, 15) is 9.59 Å². The first-order chi connectivity index (χ1) is 13.8. The van der Waals surface area contributed by atoms with Gasteiger partial charge in [-0.2, -0.15) is 0 Å². The number of hydrogen-bond acceptors (Lipinski definition) is 7. The van der Waals surface area contributed by atoms with Crippen LogP contribution < -0.4 is 10.1 Å². The van der Waals surface area contributed by atoms with Crippen molar-refractivity contribution in [1.82, 2.24) is 14.9 Å². The molecule has 0 bridgehead atoms. The molecule has 0 aliphatic rings. The second kappa shape index (κ2) is 10.4. The first-order valence-corrected chi connectivity index (χ1v) is 9.08. The molecule has 2 amide bonds. The van der Waals surface area contributed by atoms with Crippen LogP contribution in [0.1, 0.15) is 20.8 Å². The van der Waals surface area contributed by atoms with E-state index in [4.69, 9.17) is 14.2 Å². The lowest BCUT2D eigenvalue weighted by Gasteiger charge is -2.26. The standard InChI is InChI=1S/C20H26N4O5/c1-20(2,3)29-19(26)24(12-13-27-4)14-17(25)23-15-6-8-16(9-7-15)28-18-21-10-5-11-22-18/h5-11H,12-14H2,1-4H3,(H,23,25). The molecule has 1 aromatic heterocycles. The van der Waals surface area contributed by atoms with Crippen LogP contribution in [0.3, 0.4) is 0 Å². The summed E-state index contributed by atoms with van der Waals surface area (Å²) in [7, 11) is 1.53. The molecule has 0 radical (unpaired) electrons. The first kappa shape index (κ1) is 22.1. The van der Waals surface area contributed by atoms with E-state index < -0.39 is 11.7 Å². The van der Waals surface area contributed by atoms with Crippen LogP contribution in [0.5, 0.6) is 11.8 Å². The number of carbonyl (C=O) groups excluding carboxylic acids is 2. The lowest BCUT2D eigenvalue weighted by atomic mass is 10.2. The van der Waals surface area contributed by atoms with Gasteiger partial charge >= 0.3 is 12.1 Å². The summed E-state index contributed by atoms with van der Waals surface area (Å²) in [5.41, 5.74) is -0.0933. The maximum absolute atomic E-state index is 12.4. The van der Waals surface area contributed by atoms with Crippen molar-refractivity contribution in [2.45, 2.75) is 26.4 Å². The van der Waals surface area contributed by atoms with Crippen LogP contribution in [-0.2, 0) is 14.3 Å². The number of amides is 2. The highest BCUT2D eigenvalue weighted by molar-refractivity contribution is 5.93. The van der Waals surface area contributed by atoms with Crippen molar-refractivity contribution in [2.24, 2.45) is 0 Å². The third-order valence-electron chi connectivity index (χ3n) is 3.44. The number of benzene rings is 1. The molecule has 156 valence electrons. The molecule has 2 rings (SSSR count). The highest BCUT2D eigenvalue weighted by Gasteiger charge is 2.23. The van der Waals surface area contributed by atoms with Gasteiger partial charge in [-0.3, -0.25) is 9.69 Å². The van der Waals surface area contributed by atoms with E-state index >= 15 is 0 Å². The average Bonchev–Trinajstić information content (AvgIpc) is 2.66. The zero-order valence-electron chi connectivity index (χ0n) is 17.0. The normalized spacial score (nSPS) is 10.9. The van der Waals surface area contributed by atoms with Crippen LogP contribution in [0.4, 0.5) is 10.5 Å². The number of nitrogens with zero attached hydrogens (tertiary/aromatic N) is 3. The molecule has 2 aromatic rings. The Hall–Kier alpha value is -3.20. The molecule has 0 saturated heterocycles. The van der Waals surface area contributed by atoms with E-state index in [0.717, 1.165) is 0 Å². The highest BCUT2D eigenvalue weighted by atomic mass is 16.6. The second-order valence-electron chi connectivity index (χ2n) is 7.10. The predicted molar refractivity (Wildman–Crippen MR) is 107 cm³/mol. The summed E-state index contributed by atoms with van der Waals surface area (Å²) in [6.07, 6.45) is 2.59. The van der Waals surface area contributed by atoms with Gasteiger partial charge < -0.3 is 19.5 Å². The lowest BCUT2D eigenvalue weighted by molar-refractivity contribution is -0.117. The third kappa shape index (κ3) is 8.14. The minimum atomic E-state index is -0.656. The van der Waals surface area contributed by atoms with Gasteiger partial charge in [0.15, 0.2) is 0 Å². The predicted octanol–water partition coefficient (Wildman–Crippen LogP) is 3.09. The maximum atomic E-state index is 12.4. The van der Waals surface area contributed by atoms with Crippen LogP contribution in [0, 0.1) is 0 Å². The van der Waals surface area contributed by atoms with Gasteiger partial charge in [0.2, 0.25) is 5.91 Å². The molecule has 9 heteroatoms. The van der Waals surface area contributed by atoms with Crippen LogP contribution in [0.25, 0.3) is 0 Å². The van der Waals surface area contributed by atoms with Gasteiger partial charge in [0.05, 0.1) is 6.61 Å². The van der Waals surface area contributed by atoms with Crippen molar-refractivity contribution < 1.29 is 23.8 Å². The smallest absolute Gasteiger partial charge is 0.410 e. The Bertz CT molecular complexity index is 791. The van der Waals surface area contributed by atoms with Gasteiger partial charge in [0.25, 0.3) is 0 Å². The fourth-order valence-electron chi connectivity index (χ4n) is 2.19. The zero-order chi connectivity index (χ0) is 21.3. The molecule has 29 heavy (non-hydrogen) atoms. The summed E-state index contributed by atoms with van der Waals surface area (Å²) in [6.45, 7) is 5.67. The molecular formula is C20H26N4O5. The number of rotatable bonds is 8. The Balaban J connectivity index is 1.93. The molecular weight excluding hydrogens is 376 g/mol. The van der Waals surface area contributed by atoms with Crippen LogP contribution in [0.15, 0.2) is 42.7 Å². The molecule has 0 atom stereocenters. The summed E-state index contributed by atoms with van der Waals surface area (Å²) in [5.74, 6) is 0.177. The third-order valence-corrected chi connectivity index (χ3v) is 3.44. The monoisotopic (exact) mass is 402 g/mol. The molecule has 0 aliphatic heterocycles. The van der Waals surface area contributed by atoms with Crippen LogP contribution >= 0.6 is 0 Å². The Morgan fingerprint density at radius 1 is 1.10 bits per heavy atom.